The largest absolute Gasteiger partial charge is 0.494 e. The van der Waals surface area contributed by atoms with Crippen molar-refractivity contribution in [3.8, 4) is 17.2 Å². The second-order valence-electron chi connectivity index (χ2n) is 6.52. The number of nitrogens with zero attached hydrogens (tertiary/aromatic N) is 1. The molecule has 8 nitrogen and oxygen atoms in total. The molecule has 1 aliphatic heterocycles. The van der Waals surface area contributed by atoms with Crippen molar-refractivity contribution in [2.75, 3.05) is 25.2 Å². The molecule has 1 aliphatic rings. The van der Waals surface area contributed by atoms with Gasteiger partial charge in [-0.25, -0.2) is 9.69 Å². The van der Waals surface area contributed by atoms with Crippen molar-refractivity contribution in [2.45, 2.75) is 6.92 Å². The first kappa shape index (κ1) is 22.9. The zero-order valence-corrected chi connectivity index (χ0v) is 18.3. The Labute approximate surface area is 190 Å². The van der Waals surface area contributed by atoms with Crippen LogP contribution < -0.4 is 24.4 Å². The van der Waals surface area contributed by atoms with E-state index in [1.54, 1.807) is 36.4 Å². The highest BCUT2D eigenvalue weighted by Gasteiger charge is 2.36. The molecular weight excluding hydrogens is 436 g/mol. The summed E-state index contributed by atoms with van der Waals surface area (Å²) in [5.41, 5.74) is 0.465. The summed E-state index contributed by atoms with van der Waals surface area (Å²) in [5, 5.41) is 2.40. The Morgan fingerprint density at radius 3 is 2.47 bits per heavy atom. The van der Waals surface area contributed by atoms with Crippen molar-refractivity contribution in [1.29, 1.82) is 0 Å². The number of urea groups is 1. The molecule has 1 heterocycles. The van der Waals surface area contributed by atoms with Crippen LogP contribution in [0.5, 0.6) is 17.2 Å². The van der Waals surface area contributed by atoms with Gasteiger partial charge in [0.1, 0.15) is 17.9 Å². The number of hydrogen-bond donors (Lipinski definition) is 1. The Bertz CT molecular complexity index is 1090. The number of nitrogens with one attached hydrogen (secondary N) is 1. The van der Waals surface area contributed by atoms with Gasteiger partial charge in [0, 0.05) is 0 Å². The summed E-state index contributed by atoms with van der Waals surface area (Å²) in [6, 6.07) is 8.62. The molecule has 2 aromatic rings. The topological polar surface area (TPSA) is 94.2 Å². The normalized spacial score (nSPS) is 14.9. The third-order valence-electron chi connectivity index (χ3n) is 4.42. The van der Waals surface area contributed by atoms with E-state index in [9.17, 15) is 14.4 Å². The van der Waals surface area contributed by atoms with E-state index in [1.165, 1.54) is 19.3 Å². The van der Waals surface area contributed by atoms with Crippen molar-refractivity contribution in [3.05, 3.63) is 65.2 Å². The lowest BCUT2D eigenvalue weighted by molar-refractivity contribution is -0.122. The Morgan fingerprint density at radius 2 is 1.84 bits per heavy atom. The van der Waals surface area contributed by atoms with Crippen LogP contribution in [-0.2, 0) is 9.59 Å². The minimum atomic E-state index is -0.843. The number of ether oxygens (including phenoxy) is 3. The average Bonchev–Trinajstić information content (AvgIpc) is 2.76. The van der Waals surface area contributed by atoms with Gasteiger partial charge in [-0.05, 0) is 55.0 Å². The molecule has 1 saturated heterocycles. The predicted octanol–water partition coefficient (Wildman–Crippen LogP) is 3.98. The van der Waals surface area contributed by atoms with Gasteiger partial charge in [-0.1, -0.05) is 24.3 Å². The van der Waals surface area contributed by atoms with Crippen LogP contribution in [0.2, 0.25) is 5.02 Å². The molecule has 166 valence electrons. The molecule has 0 aliphatic carbocycles. The van der Waals surface area contributed by atoms with Crippen LogP contribution >= 0.6 is 11.6 Å². The third-order valence-corrected chi connectivity index (χ3v) is 4.70. The number of carbonyl (C=O) groups excluding carboxylic acids is 3. The Balaban J connectivity index is 1.97. The van der Waals surface area contributed by atoms with Crippen molar-refractivity contribution >= 4 is 41.2 Å². The van der Waals surface area contributed by atoms with Gasteiger partial charge >= 0.3 is 6.03 Å². The van der Waals surface area contributed by atoms with Crippen LogP contribution in [0, 0.1) is 0 Å². The lowest BCUT2D eigenvalue weighted by Crippen LogP contribution is -2.54. The lowest BCUT2D eigenvalue weighted by Gasteiger charge is -2.26. The zero-order chi connectivity index (χ0) is 23.3. The lowest BCUT2D eigenvalue weighted by atomic mass is 10.1. The number of carbonyl (C=O) groups is 3. The number of rotatable bonds is 8. The minimum absolute atomic E-state index is 0.219. The number of barbiturate groups is 1. The number of benzene rings is 2. The summed E-state index contributed by atoms with van der Waals surface area (Å²) in [6.45, 7) is 6.13. The first-order valence-corrected chi connectivity index (χ1v) is 10.0. The van der Waals surface area contributed by atoms with Gasteiger partial charge in [0.15, 0.2) is 11.5 Å². The van der Waals surface area contributed by atoms with Gasteiger partial charge in [-0.3, -0.25) is 14.9 Å². The summed E-state index contributed by atoms with van der Waals surface area (Å²) >= 11 is 6.30. The van der Waals surface area contributed by atoms with E-state index in [2.05, 4.69) is 11.9 Å². The summed E-state index contributed by atoms with van der Waals surface area (Å²) in [4.78, 5) is 38.7. The maximum atomic E-state index is 13.1. The van der Waals surface area contributed by atoms with Gasteiger partial charge in [-0.2, -0.15) is 0 Å². The molecule has 0 bridgehead atoms. The molecule has 9 heteroatoms. The van der Waals surface area contributed by atoms with Crippen LogP contribution in [0.3, 0.4) is 0 Å². The van der Waals surface area contributed by atoms with Crippen LogP contribution in [0.4, 0.5) is 10.5 Å². The van der Waals surface area contributed by atoms with Gasteiger partial charge in [0.2, 0.25) is 0 Å². The smallest absolute Gasteiger partial charge is 0.335 e. The fourth-order valence-corrected chi connectivity index (χ4v) is 3.30. The first-order chi connectivity index (χ1) is 15.4. The molecule has 0 saturated carbocycles. The summed E-state index contributed by atoms with van der Waals surface area (Å²) in [7, 11) is 1.44. The van der Waals surface area contributed by atoms with Crippen LogP contribution in [0.1, 0.15) is 12.5 Å². The number of imide groups is 2. The molecule has 0 radical (unpaired) electrons. The second kappa shape index (κ2) is 10.0. The summed E-state index contributed by atoms with van der Waals surface area (Å²) in [5.74, 6) is -0.376. The number of anilines is 1. The maximum Gasteiger partial charge on any atom is 0.335 e. The van der Waals surface area contributed by atoms with Crippen molar-refractivity contribution in [2.24, 2.45) is 0 Å². The fraction of sp³-hybridized carbons (Fsp3) is 0.174. The summed E-state index contributed by atoms with van der Waals surface area (Å²) < 4.78 is 16.2. The molecule has 0 spiro atoms. The number of halogens is 1. The molecule has 2 aromatic carbocycles. The van der Waals surface area contributed by atoms with E-state index >= 15 is 0 Å². The third kappa shape index (κ3) is 4.76. The SMILES string of the molecule is C=CCOc1c(Cl)cc(/C=C2\C(=O)NC(=O)N(c3ccc(OCC)cc3)C2=O)cc1OC. The van der Waals surface area contributed by atoms with Crippen LogP contribution in [0.15, 0.2) is 54.6 Å². The second-order valence-corrected chi connectivity index (χ2v) is 6.93. The van der Waals surface area contributed by atoms with E-state index in [0.717, 1.165) is 4.90 Å². The molecule has 0 atom stereocenters. The number of amides is 4. The molecule has 0 aromatic heterocycles. The number of hydrogen-bond acceptors (Lipinski definition) is 6. The van der Waals surface area contributed by atoms with Crippen LogP contribution in [-0.4, -0.2) is 38.2 Å². The molecule has 4 amide bonds. The fourth-order valence-electron chi connectivity index (χ4n) is 3.02. The minimum Gasteiger partial charge on any atom is -0.494 e. The van der Waals surface area contributed by atoms with Gasteiger partial charge in [-0.15, -0.1) is 0 Å². The van der Waals surface area contributed by atoms with E-state index < -0.39 is 17.8 Å². The Hall–Kier alpha value is -3.78. The highest BCUT2D eigenvalue weighted by molar-refractivity contribution is 6.39. The standard InChI is InChI=1S/C23H21ClN2O6/c1-4-10-32-20-18(24)12-14(13-19(20)30-3)11-17-21(27)25-23(29)26(22(17)28)15-6-8-16(9-7-15)31-5-2/h4,6-9,11-13H,1,5,10H2,2-3H3,(H,25,27,29)/b17-11+. The van der Waals surface area contributed by atoms with E-state index in [-0.39, 0.29) is 22.9 Å². The van der Waals surface area contributed by atoms with Crippen molar-refractivity contribution < 1.29 is 28.6 Å². The first-order valence-electron chi connectivity index (χ1n) is 9.65. The van der Waals surface area contributed by atoms with Crippen molar-refractivity contribution in [3.63, 3.8) is 0 Å². The van der Waals surface area contributed by atoms with Gasteiger partial charge < -0.3 is 14.2 Å². The van der Waals surface area contributed by atoms with Gasteiger partial charge in [0.25, 0.3) is 11.8 Å². The highest BCUT2D eigenvalue weighted by atomic mass is 35.5. The quantitative estimate of drug-likeness (QED) is 0.367. The molecule has 0 unspecified atom stereocenters. The van der Waals surface area contributed by atoms with Gasteiger partial charge in [0.05, 0.1) is 24.4 Å². The average molecular weight is 457 g/mol. The van der Waals surface area contributed by atoms with E-state index in [1.807, 2.05) is 6.92 Å². The van der Waals surface area contributed by atoms with E-state index in [0.29, 0.717) is 29.4 Å². The molecule has 1 fully saturated rings. The van der Waals surface area contributed by atoms with Crippen molar-refractivity contribution in [1.82, 2.24) is 5.32 Å². The predicted molar refractivity (Wildman–Crippen MR) is 120 cm³/mol. The zero-order valence-electron chi connectivity index (χ0n) is 17.5. The Morgan fingerprint density at radius 1 is 1.12 bits per heavy atom. The molecule has 3 rings (SSSR count). The van der Waals surface area contributed by atoms with Crippen LogP contribution in [0.25, 0.3) is 6.08 Å². The Kier molecular flexibility index (Phi) is 7.17. The molecular formula is C23H21ClN2O6. The molecule has 1 N–H and O–H groups in total. The highest BCUT2D eigenvalue weighted by Crippen LogP contribution is 2.37. The van der Waals surface area contributed by atoms with E-state index in [4.69, 9.17) is 25.8 Å². The molecule has 32 heavy (non-hydrogen) atoms. The summed E-state index contributed by atoms with van der Waals surface area (Å²) in [6.07, 6.45) is 2.89. The maximum absolute atomic E-state index is 13.1. The monoisotopic (exact) mass is 456 g/mol. The number of methoxy groups -OCH3 is 1.